The van der Waals surface area contributed by atoms with Crippen LogP contribution in [0.3, 0.4) is 0 Å². The van der Waals surface area contributed by atoms with E-state index >= 15 is 0 Å². The molecule has 2 aromatic rings. The van der Waals surface area contributed by atoms with Crippen molar-refractivity contribution in [2.45, 2.75) is 29.4 Å². The topological polar surface area (TPSA) is 211 Å². The number of nitrogens with one attached hydrogen (secondary N) is 1. The van der Waals surface area contributed by atoms with Crippen LogP contribution in [0.4, 0.5) is 11.4 Å². The molecule has 14 heteroatoms. The largest absolute Gasteiger partial charge is 0.510 e. The number of phenols is 1. The number of nitrogens with zero attached hydrogens (tertiary/aromatic N) is 2. The number of nitrogens with two attached hydrogens (primary N) is 1. The van der Waals surface area contributed by atoms with Crippen LogP contribution in [0.2, 0.25) is 0 Å². The number of carbonyl (C=O) groups excluding carboxylic acids is 3. The maximum absolute atomic E-state index is 14.1. The minimum atomic E-state index is -4.19. The molecule has 0 heterocycles. The van der Waals surface area contributed by atoms with Gasteiger partial charge in [0.15, 0.2) is 17.1 Å². The lowest BCUT2D eigenvalue weighted by Crippen LogP contribution is -2.63. The summed E-state index contributed by atoms with van der Waals surface area (Å²) in [6, 6.07) is 7.70. The molecule has 0 bridgehead atoms. The second-order valence-electron chi connectivity index (χ2n) is 11.4. The number of aliphatic hydroxyl groups is 3. The van der Waals surface area contributed by atoms with Gasteiger partial charge >= 0.3 is 0 Å². The van der Waals surface area contributed by atoms with E-state index in [9.17, 15) is 43.2 Å². The highest BCUT2D eigenvalue weighted by Gasteiger charge is 2.63. The van der Waals surface area contributed by atoms with Gasteiger partial charge in [-0.1, -0.05) is 18.2 Å². The average molecular weight is 613 g/mol. The fourth-order valence-electron chi connectivity index (χ4n) is 6.58. The molecule has 7 N–H and O–H groups in total. The highest BCUT2D eigenvalue weighted by atomic mass is 32.2. The molecule has 3 aliphatic rings. The fourth-order valence-corrected chi connectivity index (χ4v) is 7.66. The zero-order chi connectivity index (χ0) is 31.8. The molecule has 5 rings (SSSR count). The number of likely N-dealkylation sites (N-methyl/N-ethyl adjacent to an activating group) is 1. The molecule has 0 saturated heterocycles. The quantitative estimate of drug-likeness (QED) is 0.200. The molecule has 228 valence electrons. The molecule has 1 amide bonds. The summed E-state index contributed by atoms with van der Waals surface area (Å²) in [5.74, 6) is -7.87. The Hall–Kier alpha value is -4.40. The van der Waals surface area contributed by atoms with E-state index in [1.807, 2.05) is 0 Å². The summed E-state index contributed by atoms with van der Waals surface area (Å²) >= 11 is 0. The van der Waals surface area contributed by atoms with Gasteiger partial charge in [-0.25, -0.2) is 8.42 Å². The summed E-state index contributed by atoms with van der Waals surface area (Å²) < 4.78 is 28.5. The molecule has 0 saturated carbocycles. The first-order valence-electron chi connectivity index (χ1n) is 13.3. The lowest BCUT2D eigenvalue weighted by atomic mass is 9.58. The minimum absolute atomic E-state index is 0.0569. The van der Waals surface area contributed by atoms with Crippen molar-refractivity contribution in [2.75, 3.05) is 37.8 Å². The Morgan fingerprint density at radius 1 is 1.07 bits per heavy atom. The van der Waals surface area contributed by atoms with Gasteiger partial charge in [0.25, 0.3) is 15.9 Å². The number of Topliss-reactive ketones (excluding diaryl/α,β-unsaturated/α-hetero) is 2. The van der Waals surface area contributed by atoms with Crippen LogP contribution in [0.5, 0.6) is 5.75 Å². The third kappa shape index (κ3) is 4.36. The second kappa shape index (κ2) is 10.1. The number of hydrogen-bond acceptors (Lipinski definition) is 11. The maximum Gasteiger partial charge on any atom is 0.262 e. The molecule has 0 aromatic heterocycles. The number of aliphatic hydroxyl groups excluding tert-OH is 2. The molecular weight excluding hydrogens is 580 g/mol. The molecule has 0 fully saturated rings. The van der Waals surface area contributed by atoms with E-state index < -0.39 is 73.8 Å². The van der Waals surface area contributed by atoms with E-state index in [0.29, 0.717) is 11.3 Å². The smallest absolute Gasteiger partial charge is 0.262 e. The Balaban J connectivity index is 1.70. The van der Waals surface area contributed by atoms with Crippen LogP contribution in [0.25, 0.3) is 0 Å². The van der Waals surface area contributed by atoms with Crippen molar-refractivity contribution in [3.05, 3.63) is 70.2 Å². The van der Waals surface area contributed by atoms with Crippen LogP contribution < -0.4 is 15.4 Å². The minimum Gasteiger partial charge on any atom is -0.510 e. The zero-order valence-corrected chi connectivity index (χ0v) is 24.6. The number of sulfonamides is 1. The fraction of sp³-hybridized carbons (Fsp3) is 0.345. The Labute approximate surface area is 247 Å². The number of primary amides is 1. The Morgan fingerprint density at radius 3 is 2.26 bits per heavy atom. The number of carbonyl (C=O) groups is 3. The van der Waals surface area contributed by atoms with Crippen LogP contribution >= 0.6 is 0 Å². The average Bonchev–Trinajstić information content (AvgIpc) is 2.92. The van der Waals surface area contributed by atoms with Crippen molar-refractivity contribution >= 4 is 38.9 Å². The molecule has 4 unspecified atom stereocenters. The van der Waals surface area contributed by atoms with E-state index in [0.717, 1.165) is 0 Å². The number of aromatic hydroxyl groups is 1. The first kappa shape index (κ1) is 30.1. The molecule has 4 atom stereocenters. The summed E-state index contributed by atoms with van der Waals surface area (Å²) in [5.41, 5.74) is 1.52. The van der Waals surface area contributed by atoms with Crippen LogP contribution in [0.1, 0.15) is 22.3 Å². The maximum atomic E-state index is 14.1. The van der Waals surface area contributed by atoms with Crippen molar-refractivity contribution in [2.24, 2.45) is 17.6 Å². The summed E-state index contributed by atoms with van der Waals surface area (Å²) in [6.07, 6.45) is -0.0108. The van der Waals surface area contributed by atoms with Gasteiger partial charge in [0.1, 0.15) is 17.1 Å². The van der Waals surface area contributed by atoms with Crippen molar-refractivity contribution in [1.29, 1.82) is 0 Å². The summed E-state index contributed by atoms with van der Waals surface area (Å²) in [6.45, 7) is 0. The lowest BCUT2D eigenvalue weighted by Gasteiger charge is -2.50. The monoisotopic (exact) mass is 612 g/mol. The number of phenolic OH excluding ortho intramolecular Hbond substituents is 1. The normalized spacial score (nSPS) is 25.3. The van der Waals surface area contributed by atoms with Gasteiger partial charge in [-0.3, -0.25) is 24.0 Å². The number of allylic oxidation sites excluding steroid dienone is 1. The molecule has 0 spiro atoms. The predicted molar refractivity (Wildman–Crippen MR) is 155 cm³/mol. The Morgan fingerprint density at radius 2 is 1.70 bits per heavy atom. The number of rotatable bonds is 6. The highest BCUT2D eigenvalue weighted by Crippen LogP contribution is 2.54. The van der Waals surface area contributed by atoms with E-state index in [1.54, 1.807) is 39.2 Å². The van der Waals surface area contributed by atoms with Crippen molar-refractivity contribution in [1.82, 2.24) is 4.90 Å². The zero-order valence-electron chi connectivity index (χ0n) is 23.8. The Kier molecular flexibility index (Phi) is 7.07. The van der Waals surface area contributed by atoms with Crippen LogP contribution in [-0.4, -0.2) is 91.1 Å². The number of ketones is 2. The predicted octanol–water partition coefficient (Wildman–Crippen LogP) is 0.987. The summed E-state index contributed by atoms with van der Waals surface area (Å²) in [5, 5.41) is 45.5. The van der Waals surface area contributed by atoms with Crippen LogP contribution in [0, 0.1) is 11.8 Å². The number of anilines is 2. The van der Waals surface area contributed by atoms with Crippen LogP contribution in [0.15, 0.2) is 64.0 Å². The number of fused-ring (bicyclic) bond motifs is 3. The number of amides is 1. The summed E-state index contributed by atoms with van der Waals surface area (Å²) in [4.78, 5) is 42.8. The lowest BCUT2D eigenvalue weighted by molar-refractivity contribution is -0.148. The molecule has 0 radical (unpaired) electrons. The van der Waals surface area contributed by atoms with Gasteiger partial charge in [-0.2, -0.15) is 0 Å². The number of benzene rings is 2. The highest BCUT2D eigenvalue weighted by molar-refractivity contribution is 7.92. The van der Waals surface area contributed by atoms with E-state index in [-0.39, 0.29) is 34.6 Å². The first-order chi connectivity index (χ1) is 20.0. The second-order valence-corrected chi connectivity index (χ2v) is 13.1. The van der Waals surface area contributed by atoms with E-state index in [4.69, 9.17) is 5.73 Å². The van der Waals surface area contributed by atoms with Gasteiger partial charge in [0, 0.05) is 31.3 Å². The van der Waals surface area contributed by atoms with Crippen molar-refractivity contribution in [3.8, 4) is 5.75 Å². The van der Waals surface area contributed by atoms with E-state index in [1.165, 1.54) is 35.2 Å². The third-order valence-electron chi connectivity index (χ3n) is 8.48. The molecule has 43 heavy (non-hydrogen) atoms. The number of hydrogen-bond donors (Lipinski definition) is 6. The van der Waals surface area contributed by atoms with Gasteiger partial charge in [-0.15, -0.1) is 0 Å². The Bertz CT molecular complexity index is 1750. The van der Waals surface area contributed by atoms with Crippen molar-refractivity contribution < 1.29 is 43.2 Å². The molecule has 0 aliphatic heterocycles. The van der Waals surface area contributed by atoms with Gasteiger partial charge in [-0.05, 0) is 56.6 Å². The molecule has 2 aromatic carbocycles. The third-order valence-corrected chi connectivity index (χ3v) is 9.86. The SMILES string of the molecule is CN(C)c1cc(NS(=O)(=O)c2ccccc2)c(O)c2c1CC1CC3C(N(C)C)C(O)=C(C(N)=O)C(=O)C3(O)C(O)=C1C2=O. The molecular formula is C29H32N4O9S. The van der Waals surface area contributed by atoms with Crippen molar-refractivity contribution in [3.63, 3.8) is 0 Å². The van der Waals surface area contributed by atoms with Crippen LogP contribution in [-0.2, 0) is 26.0 Å². The van der Waals surface area contributed by atoms with Gasteiger partial charge in [0.05, 0.1) is 22.2 Å². The standard InChI is InChI=1S/C29H32N4O9S/c1-32(2)18-12-17(31-43(41,42)14-8-6-5-7-9-14)23(34)20-15(18)10-13-11-16-22(33(3)4)25(36)21(28(30)39)27(38)29(16,40)26(37)19(13)24(20)35/h5-9,12-13,16,22,31,34,36-37,40H,10-11H2,1-4H3,(H2,30,39). The van der Waals surface area contributed by atoms with Gasteiger partial charge < -0.3 is 31.1 Å². The first-order valence-corrected chi connectivity index (χ1v) is 14.8. The van der Waals surface area contributed by atoms with Gasteiger partial charge in [0.2, 0.25) is 5.78 Å². The molecule has 3 aliphatic carbocycles. The van der Waals surface area contributed by atoms with E-state index in [2.05, 4.69) is 4.72 Å². The summed E-state index contributed by atoms with van der Waals surface area (Å²) in [7, 11) is 2.26. The molecule has 13 nitrogen and oxygen atoms in total.